The standard InChI is InChI=1S/2C17H13N2.C2H6Si.2ClH.Zr/c2*1-12-9-13-6-4-8-17(15(13)10-12)19-16-7-3-2-5-14(16)11-18-19;1-3-2;;;/h2*2-11H,1H3;1-2H3;2*1H;/q2*-1;;;;+2/p-2. The third kappa shape index (κ3) is 7.00. The summed E-state index contributed by atoms with van der Waals surface area (Å²) < 4.78 is 4.05. The fourth-order valence-electron chi connectivity index (χ4n) is 5.43. The Morgan fingerprint density at radius 3 is 1.39 bits per heavy atom. The van der Waals surface area contributed by atoms with Crippen molar-refractivity contribution >= 4 is 48.8 Å². The largest absolute Gasteiger partial charge is 1.00 e. The Hall–Kier alpha value is -3.28. The van der Waals surface area contributed by atoms with E-state index in [0.717, 1.165) is 22.4 Å². The number of fused-ring (bicyclic) bond motifs is 4. The summed E-state index contributed by atoms with van der Waals surface area (Å²) in [5.74, 6) is 0. The molecular formula is C36H32Cl2N4SiZr-2. The molecule has 8 aromatic rings. The summed E-state index contributed by atoms with van der Waals surface area (Å²) in [5, 5.41) is 16.5. The predicted molar refractivity (Wildman–Crippen MR) is 175 cm³/mol. The van der Waals surface area contributed by atoms with Crippen LogP contribution >= 0.6 is 0 Å². The van der Waals surface area contributed by atoms with Gasteiger partial charge < -0.3 is 24.8 Å². The fourth-order valence-corrected chi connectivity index (χ4v) is 5.43. The van der Waals surface area contributed by atoms with E-state index in [9.17, 15) is 0 Å². The minimum absolute atomic E-state index is 0. The summed E-state index contributed by atoms with van der Waals surface area (Å²) in [6.07, 6.45) is 3.84. The molecule has 0 radical (unpaired) electrons. The van der Waals surface area contributed by atoms with Gasteiger partial charge in [-0.3, -0.25) is 0 Å². The molecule has 44 heavy (non-hydrogen) atoms. The SMILES string of the molecule is C[Si](C)=[Zr+2].Cc1cc2c(-n3ncc4ccccc43)cccc2[cH-]1.Cc1cc2c(-n3ncc4ccccc43)cccc2[cH-]1.[Cl-].[Cl-]. The van der Waals surface area contributed by atoms with Gasteiger partial charge in [-0.2, -0.15) is 22.3 Å². The zero-order valence-corrected chi connectivity index (χ0v) is 30.1. The van der Waals surface area contributed by atoms with Crippen LogP contribution in [0.25, 0.3) is 54.7 Å². The van der Waals surface area contributed by atoms with Crippen LogP contribution in [0.15, 0.2) is 122 Å². The number of hydrogen-bond donors (Lipinski definition) is 0. The molecule has 0 aliphatic rings. The monoisotopic (exact) mass is 708 g/mol. The average Bonchev–Trinajstić information content (AvgIpc) is 3.76. The van der Waals surface area contributed by atoms with Gasteiger partial charge in [-0.15, -0.1) is 69.1 Å². The Morgan fingerprint density at radius 1 is 0.591 bits per heavy atom. The van der Waals surface area contributed by atoms with Crippen LogP contribution in [0, 0.1) is 13.8 Å². The van der Waals surface area contributed by atoms with Crippen LogP contribution in [-0.2, 0) is 23.3 Å². The maximum Gasteiger partial charge on any atom is 0.0731 e. The van der Waals surface area contributed by atoms with Crippen molar-refractivity contribution in [2.75, 3.05) is 0 Å². The maximum atomic E-state index is 4.54. The smallest absolute Gasteiger partial charge is 0.0731 e. The molecule has 0 saturated heterocycles. The first-order valence-electron chi connectivity index (χ1n) is 14.1. The van der Waals surface area contributed by atoms with E-state index in [2.05, 4.69) is 134 Å². The van der Waals surface area contributed by atoms with Crippen LogP contribution in [0.3, 0.4) is 0 Å². The molecule has 2 heterocycles. The molecule has 0 bridgehead atoms. The molecule has 0 unspecified atom stereocenters. The van der Waals surface area contributed by atoms with Gasteiger partial charge in [-0.25, -0.2) is 9.36 Å². The van der Waals surface area contributed by atoms with E-state index in [1.54, 1.807) is 23.3 Å². The number of para-hydroxylation sites is 2. The zero-order valence-electron chi connectivity index (χ0n) is 25.1. The minimum Gasteiger partial charge on any atom is -1.00 e. The molecule has 8 heteroatoms. The zero-order chi connectivity index (χ0) is 29.2. The second-order valence-corrected chi connectivity index (χ2v) is 20.2. The van der Waals surface area contributed by atoms with Crippen molar-refractivity contribution in [1.29, 1.82) is 0 Å². The maximum absolute atomic E-state index is 4.54. The van der Waals surface area contributed by atoms with Gasteiger partial charge in [0.05, 0.1) is 23.4 Å². The number of rotatable bonds is 2. The summed E-state index contributed by atoms with van der Waals surface area (Å²) in [6, 6.07) is 38.2. The van der Waals surface area contributed by atoms with Crippen LogP contribution in [0.1, 0.15) is 11.1 Å². The summed E-state index contributed by atoms with van der Waals surface area (Å²) in [5.41, 5.74) is 7.38. The quantitative estimate of drug-likeness (QED) is 0.204. The van der Waals surface area contributed by atoms with E-state index in [0.29, 0.717) is 0 Å². The second kappa shape index (κ2) is 14.7. The molecule has 4 nitrogen and oxygen atoms in total. The summed E-state index contributed by atoms with van der Waals surface area (Å²) in [6.45, 7) is 8.88. The van der Waals surface area contributed by atoms with Crippen molar-refractivity contribution in [2.24, 2.45) is 0 Å². The van der Waals surface area contributed by atoms with Crippen LogP contribution in [-0.4, -0.2) is 25.0 Å². The van der Waals surface area contributed by atoms with Crippen LogP contribution in [0.5, 0.6) is 0 Å². The van der Waals surface area contributed by atoms with Gasteiger partial charge in [0.1, 0.15) is 0 Å². The van der Waals surface area contributed by atoms with Gasteiger partial charge in [-0.05, 0) is 12.1 Å². The Balaban J connectivity index is 0.000000172. The van der Waals surface area contributed by atoms with Crippen molar-refractivity contribution in [3.05, 3.63) is 133 Å². The number of aromatic nitrogens is 4. The number of aryl methyl sites for hydroxylation is 2. The number of benzene rings is 4. The van der Waals surface area contributed by atoms with Gasteiger partial charge in [-0.1, -0.05) is 62.4 Å². The molecule has 6 aromatic carbocycles. The topological polar surface area (TPSA) is 35.6 Å². The molecule has 0 saturated carbocycles. The van der Waals surface area contributed by atoms with Crippen LogP contribution in [0.2, 0.25) is 13.1 Å². The van der Waals surface area contributed by atoms with Gasteiger partial charge in [0.2, 0.25) is 0 Å². The molecule has 220 valence electrons. The Morgan fingerprint density at radius 2 is 0.977 bits per heavy atom. The molecule has 0 N–H and O–H groups in total. The number of nitrogens with zero attached hydrogens (tertiary/aromatic N) is 4. The van der Waals surface area contributed by atoms with Gasteiger partial charge in [0, 0.05) is 22.1 Å². The molecule has 0 atom stereocenters. The Labute approximate surface area is 285 Å². The molecule has 0 amide bonds. The predicted octanol–water partition coefficient (Wildman–Crippen LogP) is 3.20. The molecule has 2 aromatic heterocycles. The van der Waals surface area contributed by atoms with Crippen molar-refractivity contribution in [2.45, 2.75) is 26.9 Å². The van der Waals surface area contributed by atoms with E-state index < -0.39 is 0 Å². The first-order chi connectivity index (χ1) is 20.4. The third-order valence-corrected chi connectivity index (χ3v) is 7.15. The molecule has 0 aliphatic carbocycles. The van der Waals surface area contributed by atoms with Gasteiger partial charge in [0.15, 0.2) is 0 Å². The Kier molecular flexibility index (Phi) is 11.2. The van der Waals surface area contributed by atoms with Gasteiger partial charge >= 0.3 is 41.9 Å². The van der Waals surface area contributed by atoms with E-state index >= 15 is 0 Å². The Bertz CT molecular complexity index is 2030. The molecule has 0 spiro atoms. The molecular weight excluding hydrogens is 679 g/mol. The third-order valence-electron chi connectivity index (χ3n) is 7.15. The van der Waals surface area contributed by atoms with Crippen molar-refractivity contribution < 1.29 is 48.1 Å². The van der Waals surface area contributed by atoms with Gasteiger partial charge in [0.25, 0.3) is 0 Å². The fraction of sp³-hybridized carbons (Fsp3) is 0.111. The first kappa shape index (κ1) is 33.6. The van der Waals surface area contributed by atoms with Crippen LogP contribution in [0.4, 0.5) is 0 Å². The first-order valence-corrected chi connectivity index (χ1v) is 20.3. The van der Waals surface area contributed by atoms with Crippen molar-refractivity contribution in [1.82, 2.24) is 19.6 Å². The van der Waals surface area contributed by atoms with Crippen molar-refractivity contribution in [3.63, 3.8) is 0 Å². The number of halogens is 2. The van der Waals surface area contributed by atoms with Crippen LogP contribution < -0.4 is 24.8 Å². The summed E-state index contributed by atoms with van der Waals surface area (Å²) >= 11 is 1.74. The van der Waals surface area contributed by atoms with E-state index in [4.69, 9.17) is 0 Å². The second-order valence-electron chi connectivity index (χ2n) is 10.9. The van der Waals surface area contributed by atoms with E-state index in [-0.39, 0.29) is 30.2 Å². The molecule has 0 fully saturated rings. The summed E-state index contributed by atoms with van der Waals surface area (Å²) in [4.78, 5) is 0. The van der Waals surface area contributed by atoms with E-state index in [1.807, 2.05) is 33.9 Å². The van der Waals surface area contributed by atoms with E-state index in [1.165, 1.54) is 43.4 Å². The number of hydrogen-bond acceptors (Lipinski definition) is 2. The summed E-state index contributed by atoms with van der Waals surface area (Å²) in [7, 11) is 0. The van der Waals surface area contributed by atoms with Crippen molar-refractivity contribution in [3.8, 4) is 11.4 Å². The minimum atomic E-state index is 0. The average molecular weight is 711 g/mol. The molecule has 8 rings (SSSR count). The molecule has 0 aliphatic heterocycles. The normalized spacial score (nSPS) is 10.5.